The zero-order valence-corrected chi connectivity index (χ0v) is 11.0. The first-order valence-corrected chi connectivity index (χ1v) is 5.93. The van der Waals surface area contributed by atoms with Gasteiger partial charge >= 0.3 is 0 Å². The first kappa shape index (κ1) is 12.6. The van der Waals surface area contributed by atoms with Crippen molar-refractivity contribution in [2.75, 3.05) is 5.73 Å². The van der Waals surface area contributed by atoms with Gasteiger partial charge in [0.25, 0.3) is 5.56 Å². The molecule has 0 fully saturated rings. The second-order valence-corrected chi connectivity index (χ2v) is 4.35. The van der Waals surface area contributed by atoms with Gasteiger partial charge in [0, 0.05) is 13.1 Å². The van der Waals surface area contributed by atoms with E-state index < -0.39 is 0 Å². The van der Waals surface area contributed by atoms with Crippen LogP contribution >= 0.6 is 11.6 Å². The Morgan fingerprint density at radius 3 is 2.78 bits per heavy atom. The molecule has 0 aliphatic rings. The lowest BCUT2D eigenvalue weighted by Crippen LogP contribution is -2.24. The molecule has 0 saturated carbocycles. The number of aryl methyl sites for hydroxylation is 2. The number of rotatable bonds is 3. The minimum absolute atomic E-state index is 0.259. The van der Waals surface area contributed by atoms with Gasteiger partial charge in [0.05, 0.1) is 34.8 Å². The molecule has 2 aromatic heterocycles. The number of nitrogens with two attached hydrogens (primary N) is 1. The number of hydrogen-bond donors (Lipinski definition) is 1. The molecular weight excluding hydrogens is 254 g/mol. The van der Waals surface area contributed by atoms with E-state index in [1.807, 2.05) is 6.92 Å². The maximum absolute atomic E-state index is 11.7. The van der Waals surface area contributed by atoms with Gasteiger partial charge in [-0.15, -0.1) is 0 Å². The smallest absolute Gasteiger partial charge is 0.269 e. The number of nitrogens with zero attached hydrogens (tertiary/aromatic N) is 4. The summed E-state index contributed by atoms with van der Waals surface area (Å²) in [6.45, 7) is 2.26. The Kier molecular flexibility index (Phi) is 3.38. The molecule has 0 amide bonds. The van der Waals surface area contributed by atoms with E-state index in [1.54, 1.807) is 11.7 Å². The molecule has 0 bridgehead atoms. The van der Waals surface area contributed by atoms with Crippen LogP contribution in [0.15, 0.2) is 17.1 Å². The fraction of sp³-hybridized carbons (Fsp3) is 0.364. The summed E-state index contributed by atoms with van der Waals surface area (Å²) in [7, 11) is 1.79. The third-order valence-electron chi connectivity index (χ3n) is 2.69. The van der Waals surface area contributed by atoms with Gasteiger partial charge in [0.2, 0.25) is 0 Å². The summed E-state index contributed by atoms with van der Waals surface area (Å²) in [6.07, 6.45) is 2.18. The topological polar surface area (TPSA) is 78.7 Å². The second-order valence-electron chi connectivity index (χ2n) is 3.97. The summed E-state index contributed by atoms with van der Waals surface area (Å²) in [5.41, 5.74) is 7.15. The molecule has 96 valence electrons. The van der Waals surface area contributed by atoms with E-state index in [1.165, 1.54) is 16.9 Å². The molecule has 0 aliphatic heterocycles. The highest BCUT2D eigenvalue weighted by Gasteiger charge is 2.14. The monoisotopic (exact) mass is 267 g/mol. The summed E-state index contributed by atoms with van der Waals surface area (Å²) >= 11 is 6.21. The molecule has 2 aromatic rings. The van der Waals surface area contributed by atoms with Crippen LogP contribution in [0.4, 0.5) is 5.69 Å². The molecule has 18 heavy (non-hydrogen) atoms. The van der Waals surface area contributed by atoms with Crippen molar-refractivity contribution in [3.8, 4) is 0 Å². The number of hydrogen-bond acceptors (Lipinski definition) is 4. The first-order chi connectivity index (χ1) is 8.52. The fourth-order valence-corrected chi connectivity index (χ4v) is 2.05. The van der Waals surface area contributed by atoms with E-state index in [9.17, 15) is 4.79 Å². The van der Waals surface area contributed by atoms with E-state index >= 15 is 0 Å². The minimum Gasteiger partial charge on any atom is -0.397 e. The number of anilines is 1. The molecule has 7 heteroatoms. The Morgan fingerprint density at radius 2 is 2.22 bits per heavy atom. The number of nitrogen functional groups attached to an aromatic ring is 1. The Balaban J connectivity index is 2.40. The molecule has 0 atom stereocenters. The third-order valence-corrected chi connectivity index (χ3v) is 3.13. The largest absolute Gasteiger partial charge is 0.397 e. The summed E-state index contributed by atoms with van der Waals surface area (Å²) in [6, 6.07) is 1.33. The van der Waals surface area contributed by atoms with Gasteiger partial charge in [0.15, 0.2) is 0 Å². The Morgan fingerprint density at radius 1 is 1.50 bits per heavy atom. The van der Waals surface area contributed by atoms with Gasteiger partial charge in [-0.25, -0.2) is 4.68 Å². The van der Waals surface area contributed by atoms with E-state index in [0.717, 1.165) is 17.8 Å². The maximum Gasteiger partial charge on any atom is 0.269 e. The van der Waals surface area contributed by atoms with Crippen LogP contribution in [0.1, 0.15) is 18.3 Å². The van der Waals surface area contributed by atoms with Crippen molar-refractivity contribution < 1.29 is 0 Å². The van der Waals surface area contributed by atoms with Gasteiger partial charge in [-0.05, 0) is 6.42 Å². The highest BCUT2D eigenvalue weighted by atomic mass is 35.5. The lowest BCUT2D eigenvalue weighted by Gasteiger charge is -2.05. The average Bonchev–Trinajstić information content (AvgIpc) is 2.59. The molecule has 0 aliphatic carbocycles. The zero-order valence-electron chi connectivity index (χ0n) is 10.2. The Bertz CT molecular complexity index is 631. The standard InChI is InChI=1S/C11H14ClN5O/c1-3-8-11(12)9(16(2)15-8)6-17-10(18)4-7(13)5-14-17/h4-5H,3,6,13H2,1-2H3. The Hall–Kier alpha value is -1.82. The van der Waals surface area contributed by atoms with Gasteiger partial charge in [0.1, 0.15) is 0 Å². The summed E-state index contributed by atoms with van der Waals surface area (Å²) in [5, 5.41) is 8.85. The van der Waals surface area contributed by atoms with Crippen molar-refractivity contribution in [2.24, 2.45) is 7.05 Å². The summed E-state index contributed by atoms with van der Waals surface area (Å²) < 4.78 is 2.98. The Labute approximate surface area is 109 Å². The van der Waals surface area contributed by atoms with Crippen LogP contribution in [0.3, 0.4) is 0 Å². The minimum atomic E-state index is -0.259. The zero-order chi connectivity index (χ0) is 13.3. The van der Waals surface area contributed by atoms with Gasteiger partial charge < -0.3 is 5.73 Å². The van der Waals surface area contributed by atoms with Crippen molar-refractivity contribution in [1.29, 1.82) is 0 Å². The molecule has 2 N–H and O–H groups in total. The lowest BCUT2D eigenvalue weighted by molar-refractivity contribution is 0.591. The van der Waals surface area contributed by atoms with Crippen LogP contribution in [0.25, 0.3) is 0 Å². The number of aromatic nitrogens is 4. The van der Waals surface area contributed by atoms with Crippen molar-refractivity contribution in [1.82, 2.24) is 19.6 Å². The van der Waals surface area contributed by atoms with Crippen molar-refractivity contribution >= 4 is 17.3 Å². The number of halogens is 1. The van der Waals surface area contributed by atoms with E-state index in [-0.39, 0.29) is 12.1 Å². The van der Waals surface area contributed by atoms with Crippen LogP contribution in [0, 0.1) is 0 Å². The van der Waals surface area contributed by atoms with E-state index in [0.29, 0.717) is 10.7 Å². The highest BCUT2D eigenvalue weighted by molar-refractivity contribution is 6.31. The molecule has 0 radical (unpaired) electrons. The maximum atomic E-state index is 11.7. The molecule has 2 heterocycles. The predicted molar refractivity (Wildman–Crippen MR) is 69.6 cm³/mol. The first-order valence-electron chi connectivity index (χ1n) is 5.55. The third kappa shape index (κ3) is 2.24. The lowest BCUT2D eigenvalue weighted by atomic mass is 10.3. The van der Waals surface area contributed by atoms with Crippen LogP contribution < -0.4 is 11.3 Å². The van der Waals surface area contributed by atoms with E-state index in [2.05, 4.69) is 10.2 Å². The normalized spacial score (nSPS) is 10.8. The average molecular weight is 268 g/mol. The van der Waals surface area contributed by atoms with Gasteiger partial charge in [-0.2, -0.15) is 10.2 Å². The molecular formula is C11H14ClN5O. The van der Waals surface area contributed by atoms with E-state index in [4.69, 9.17) is 17.3 Å². The summed E-state index contributed by atoms with van der Waals surface area (Å²) in [4.78, 5) is 11.7. The molecule has 0 unspecified atom stereocenters. The molecule has 2 rings (SSSR count). The van der Waals surface area contributed by atoms with Crippen LogP contribution in [0.5, 0.6) is 0 Å². The predicted octanol–water partition coefficient (Wildman–Crippen LogP) is 0.823. The van der Waals surface area contributed by atoms with Crippen LogP contribution in [-0.4, -0.2) is 19.6 Å². The molecule has 0 aromatic carbocycles. The molecule has 0 spiro atoms. The SMILES string of the molecule is CCc1nn(C)c(Cn2ncc(N)cc2=O)c1Cl. The quantitative estimate of drug-likeness (QED) is 0.893. The molecule has 6 nitrogen and oxygen atoms in total. The van der Waals surface area contributed by atoms with Crippen LogP contribution in [0.2, 0.25) is 5.02 Å². The summed E-state index contributed by atoms with van der Waals surface area (Å²) in [5.74, 6) is 0. The van der Waals surface area contributed by atoms with Gasteiger partial charge in [-0.3, -0.25) is 9.48 Å². The van der Waals surface area contributed by atoms with Gasteiger partial charge in [-0.1, -0.05) is 18.5 Å². The van der Waals surface area contributed by atoms with Crippen molar-refractivity contribution in [3.05, 3.63) is 39.0 Å². The molecule has 0 saturated heterocycles. The van der Waals surface area contributed by atoms with Crippen LogP contribution in [-0.2, 0) is 20.0 Å². The second kappa shape index (κ2) is 4.81. The van der Waals surface area contributed by atoms with Crippen molar-refractivity contribution in [2.45, 2.75) is 19.9 Å². The fourth-order valence-electron chi connectivity index (χ4n) is 1.70. The van der Waals surface area contributed by atoms with Crippen molar-refractivity contribution in [3.63, 3.8) is 0 Å². The highest BCUT2D eigenvalue weighted by Crippen LogP contribution is 2.21.